The Kier molecular flexibility index (Phi) is 6.77. The summed E-state index contributed by atoms with van der Waals surface area (Å²) in [6.45, 7) is 7.31. The van der Waals surface area contributed by atoms with E-state index in [-0.39, 0.29) is 63.6 Å². The van der Waals surface area contributed by atoms with E-state index in [1.807, 2.05) is 0 Å². The van der Waals surface area contributed by atoms with Crippen LogP contribution in [0.2, 0.25) is 5.02 Å². The lowest BCUT2D eigenvalue weighted by Gasteiger charge is -2.41. The summed E-state index contributed by atoms with van der Waals surface area (Å²) < 4.78 is 81.2. The number of rotatable bonds is 4. The van der Waals surface area contributed by atoms with Crippen LogP contribution in [0.1, 0.15) is 55.2 Å². The SMILES string of the molecule is C=C1C[C@@H]2[C@@H]3CC[C@H](CN2c2nc(OC[C@@]45CCCN4C[C@H](F)C5)nc4c(F)c(-c5nc(N)cc(C)c5C(F)(F)F)c(Cl)c1c24)N3. The van der Waals surface area contributed by atoms with Gasteiger partial charge in [-0.25, -0.2) is 13.8 Å². The average Bonchev–Trinajstić information content (AvgIpc) is 3.61. The molecule has 8 nitrogen and oxygen atoms in total. The van der Waals surface area contributed by atoms with Crippen molar-refractivity contribution in [2.75, 3.05) is 36.9 Å². The second-order valence-corrected chi connectivity index (χ2v) is 13.8. The number of nitrogens with zero attached hydrogens (tertiary/aromatic N) is 5. The first kappa shape index (κ1) is 30.1. The first-order valence-corrected chi connectivity index (χ1v) is 16.0. The number of pyridine rings is 1. The molecule has 5 atom stereocenters. The summed E-state index contributed by atoms with van der Waals surface area (Å²) in [6, 6.07) is 1.13. The highest BCUT2D eigenvalue weighted by atomic mass is 35.5. The van der Waals surface area contributed by atoms with Crippen LogP contribution in [0.3, 0.4) is 0 Å². The zero-order valence-electron chi connectivity index (χ0n) is 25.2. The molecule has 0 spiro atoms. The fraction of sp³-hybridized carbons (Fsp3) is 0.531. The summed E-state index contributed by atoms with van der Waals surface area (Å²) in [6.07, 6.45) is -1.59. The molecule has 2 aromatic heterocycles. The van der Waals surface area contributed by atoms with E-state index in [0.717, 1.165) is 38.3 Å². The third kappa shape index (κ3) is 4.48. The molecule has 0 aliphatic carbocycles. The average molecular weight is 662 g/mol. The third-order valence-electron chi connectivity index (χ3n) is 10.6. The maximum Gasteiger partial charge on any atom is 0.418 e. The summed E-state index contributed by atoms with van der Waals surface area (Å²) in [4.78, 5) is 17.5. The molecule has 5 aliphatic heterocycles. The van der Waals surface area contributed by atoms with Crippen molar-refractivity contribution in [3.05, 3.63) is 40.2 Å². The van der Waals surface area contributed by atoms with E-state index in [1.165, 1.54) is 6.92 Å². The minimum absolute atomic E-state index is 0.100. The van der Waals surface area contributed by atoms with Crippen LogP contribution in [-0.2, 0) is 6.18 Å². The molecule has 0 radical (unpaired) electrons. The van der Waals surface area contributed by atoms with Crippen molar-refractivity contribution in [1.82, 2.24) is 25.2 Å². The molecular weight excluding hydrogens is 629 g/mol. The van der Waals surface area contributed by atoms with Gasteiger partial charge in [-0.2, -0.15) is 23.1 Å². The quantitative estimate of drug-likeness (QED) is 0.326. The Bertz CT molecular complexity index is 1800. The largest absolute Gasteiger partial charge is 0.461 e. The van der Waals surface area contributed by atoms with Crippen molar-refractivity contribution < 1.29 is 26.7 Å². The number of nitrogens with two attached hydrogens (primary N) is 1. The van der Waals surface area contributed by atoms with Crippen molar-refractivity contribution in [3.8, 4) is 17.3 Å². The number of hydrogen-bond donors (Lipinski definition) is 2. The number of fused-ring (bicyclic) bond motifs is 6. The fourth-order valence-corrected chi connectivity index (χ4v) is 9.10. The number of alkyl halides is 4. The molecule has 3 aromatic rings. The van der Waals surface area contributed by atoms with E-state index in [9.17, 15) is 17.6 Å². The number of nitrogens with one attached hydrogen (secondary N) is 1. The van der Waals surface area contributed by atoms with Gasteiger partial charge in [0.2, 0.25) is 0 Å². The van der Waals surface area contributed by atoms with Crippen molar-refractivity contribution in [2.45, 2.75) is 81.5 Å². The predicted octanol–water partition coefficient (Wildman–Crippen LogP) is 6.08. The van der Waals surface area contributed by atoms with Crippen LogP contribution in [0.15, 0.2) is 12.6 Å². The van der Waals surface area contributed by atoms with Gasteiger partial charge in [-0.3, -0.25) is 4.90 Å². The molecule has 8 rings (SSSR count). The summed E-state index contributed by atoms with van der Waals surface area (Å²) in [5, 5.41) is 3.66. The Morgan fingerprint density at radius 1 is 1.20 bits per heavy atom. The van der Waals surface area contributed by atoms with Crippen LogP contribution in [0, 0.1) is 12.7 Å². The second-order valence-electron chi connectivity index (χ2n) is 13.5. The lowest BCUT2D eigenvalue weighted by molar-refractivity contribution is -0.137. The van der Waals surface area contributed by atoms with Gasteiger partial charge < -0.3 is 20.7 Å². The number of anilines is 2. The van der Waals surface area contributed by atoms with Crippen LogP contribution < -0.4 is 20.7 Å². The molecule has 3 N–H and O–H groups in total. The number of aryl methyl sites for hydroxylation is 1. The Labute approximate surface area is 267 Å². The van der Waals surface area contributed by atoms with Gasteiger partial charge in [0.05, 0.1) is 32.8 Å². The van der Waals surface area contributed by atoms with Crippen LogP contribution in [0.4, 0.5) is 33.6 Å². The van der Waals surface area contributed by atoms with E-state index in [4.69, 9.17) is 27.1 Å². The van der Waals surface area contributed by atoms with Gasteiger partial charge in [0.1, 0.15) is 29.9 Å². The molecule has 5 aliphatic rings. The van der Waals surface area contributed by atoms with E-state index in [2.05, 4.69) is 31.7 Å². The molecule has 46 heavy (non-hydrogen) atoms. The number of piperazine rings is 1. The predicted molar refractivity (Wildman–Crippen MR) is 165 cm³/mol. The highest BCUT2D eigenvalue weighted by molar-refractivity contribution is 6.37. The summed E-state index contributed by atoms with van der Waals surface area (Å²) in [5.74, 6) is -0.904. The topological polar surface area (TPSA) is 92.4 Å². The van der Waals surface area contributed by atoms with E-state index in [0.29, 0.717) is 37.3 Å². The molecule has 0 amide bonds. The number of ether oxygens (including phenoxy) is 1. The van der Waals surface area contributed by atoms with Gasteiger partial charge in [-0.05, 0) is 62.8 Å². The smallest absolute Gasteiger partial charge is 0.418 e. The normalized spacial score (nSPS) is 28.9. The van der Waals surface area contributed by atoms with Crippen LogP contribution >= 0.6 is 11.6 Å². The van der Waals surface area contributed by atoms with Crippen LogP contribution in [0.25, 0.3) is 27.7 Å². The Morgan fingerprint density at radius 2 is 2.00 bits per heavy atom. The number of halogens is 6. The number of benzene rings is 1. The van der Waals surface area contributed by atoms with Gasteiger partial charge in [-0.1, -0.05) is 18.2 Å². The van der Waals surface area contributed by atoms with Crippen molar-refractivity contribution >= 4 is 39.7 Å². The van der Waals surface area contributed by atoms with E-state index in [1.54, 1.807) is 0 Å². The first-order valence-electron chi connectivity index (χ1n) is 15.6. The maximum absolute atomic E-state index is 17.0. The Hall–Kier alpha value is -3.29. The first-order chi connectivity index (χ1) is 21.8. The molecule has 4 fully saturated rings. The van der Waals surface area contributed by atoms with Gasteiger partial charge >= 0.3 is 12.2 Å². The number of nitrogen functional groups attached to an aromatic ring is 1. The maximum atomic E-state index is 17.0. The third-order valence-corrected chi connectivity index (χ3v) is 11.0. The van der Waals surface area contributed by atoms with Crippen molar-refractivity contribution in [2.24, 2.45) is 0 Å². The Balaban J connectivity index is 1.36. The molecule has 2 bridgehead atoms. The minimum Gasteiger partial charge on any atom is -0.461 e. The van der Waals surface area contributed by atoms with Crippen LogP contribution in [-0.4, -0.2) is 75.9 Å². The van der Waals surface area contributed by atoms with Crippen molar-refractivity contribution in [1.29, 1.82) is 0 Å². The number of aromatic nitrogens is 3. The van der Waals surface area contributed by atoms with E-state index < -0.39 is 40.5 Å². The zero-order valence-corrected chi connectivity index (χ0v) is 25.9. The molecule has 14 heteroatoms. The minimum atomic E-state index is -4.88. The van der Waals surface area contributed by atoms with Gasteiger partial charge in [-0.15, -0.1) is 0 Å². The highest BCUT2D eigenvalue weighted by Crippen LogP contribution is 2.51. The zero-order chi connectivity index (χ0) is 32.3. The molecule has 244 valence electrons. The van der Waals surface area contributed by atoms with E-state index >= 15 is 4.39 Å². The summed E-state index contributed by atoms with van der Waals surface area (Å²) >= 11 is 6.95. The molecule has 4 saturated heterocycles. The summed E-state index contributed by atoms with van der Waals surface area (Å²) in [5.41, 5.74) is 3.34. The molecule has 1 aromatic carbocycles. The lowest BCUT2D eigenvalue weighted by atomic mass is 9.91. The number of hydrogen-bond acceptors (Lipinski definition) is 8. The van der Waals surface area contributed by atoms with Gasteiger partial charge in [0.15, 0.2) is 5.82 Å². The fourth-order valence-electron chi connectivity index (χ4n) is 8.70. The van der Waals surface area contributed by atoms with Crippen molar-refractivity contribution in [3.63, 3.8) is 0 Å². The standard InChI is InChI=1S/C32H33ClF5N7O/c1-14-8-19-18-5-4-17(40-18)12-45(19)29-22-21(14)25(33)23(27-24(32(36,37)38)15(2)9-20(39)41-27)26(35)28(22)42-30(43-29)46-13-31-6-3-7-44(31)11-16(34)10-31/h9,16-19,40H,1,3-8,10-13H2,2H3,(H2,39,41)/t16-,17-,18+,19-,31+/m1/s1. The summed E-state index contributed by atoms with van der Waals surface area (Å²) in [7, 11) is 0. The highest BCUT2D eigenvalue weighted by Gasteiger charge is 2.50. The van der Waals surface area contributed by atoms with Gasteiger partial charge in [0.25, 0.3) is 0 Å². The molecule has 7 heterocycles. The lowest BCUT2D eigenvalue weighted by Crippen LogP contribution is -2.58. The monoisotopic (exact) mass is 661 g/mol. The molecular formula is C32H33ClF5N7O. The molecule has 0 saturated carbocycles. The molecule has 0 unspecified atom stereocenters. The van der Waals surface area contributed by atoms with Crippen LogP contribution in [0.5, 0.6) is 6.01 Å². The van der Waals surface area contributed by atoms with Gasteiger partial charge in [0, 0.05) is 43.2 Å². The second kappa shape index (κ2) is 10.4. The Morgan fingerprint density at radius 3 is 2.78 bits per heavy atom.